The summed E-state index contributed by atoms with van der Waals surface area (Å²) in [6.07, 6.45) is 1.59. The van der Waals surface area contributed by atoms with E-state index < -0.39 is 0 Å². The van der Waals surface area contributed by atoms with Gasteiger partial charge in [-0.15, -0.1) is 0 Å². The van der Waals surface area contributed by atoms with Gasteiger partial charge in [-0.25, -0.2) is 0 Å². The molecule has 3 rings (SSSR count). The number of ether oxygens (including phenoxy) is 1. The first kappa shape index (κ1) is 14.5. The SMILES string of the molecule is CCOc1ccc2c(c1)sc(=NC(=O)c1ccnn1C)n2C. The van der Waals surface area contributed by atoms with Crippen LogP contribution in [0.25, 0.3) is 10.2 Å². The van der Waals surface area contributed by atoms with Crippen molar-refractivity contribution < 1.29 is 9.53 Å². The first-order valence-corrected chi connectivity index (χ1v) is 7.71. The molecular weight excluding hydrogens is 300 g/mol. The lowest BCUT2D eigenvalue weighted by Gasteiger charge is -2.02. The first-order chi connectivity index (χ1) is 10.6. The number of benzene rings is 1. The minimum atomic E-state index is -0.299. The molecule has 2 aromatic heterocycles. The smallest absolute Gasteiger partial charge is 0.297 e. The zero-order valence-electron chi connectivity index (χ0n) is 12.6. The first-order valence-electron chi connectivity index (χ1n) is 6.89. The molecule has 7 heteroatoms. The maximum absolute atomic E-state index is 12.2. The Labute approximate surface area is 131 Å². The molecular formula is C15H16N4O2S. The number of aromatic nitrogens is 3. The number of amides is 1. The topological polar surface area (TPSA) is 61.4 Å². The van der Waals surface area contributed by atoms with Crippen LogP contribution < -0.4 is 9.54 Å². The fourth-order valence-electron chi connectivity index (χ4n) is 2.21. The molecule has 2 heterocycles. The molecule has 0 fully saturated rings. The number of thiazole rings is 1. The Morgan fingerprint density at radius 1 is 1.36 bits per heavy atom. The van der Waals surface area contributed by atoms with Crippen molar-refractivity contribution in [3.63, 3.8) is 0 Å². The van der Waals surface area contributed by atoms with Crippen LogP contribution in [-0.2, 0) is 14.1 Å². The number of aryl methyl sites for hydroxylation is 2. The second-order valence-corrected chi connectivity index (χ2v) is 5.77. The number of rotatable bonds is 3. The van der Waals surface area contributed by atoms with E-state index in [1.54, 1.807) is 19.3 Å². The van der Waals surface area contributed by atoms with Gasteiger partial charge < -0.3 is 9.30 Å². The van der Waals surface area contributed by atoms with Crippen molar-refractivity contribution in [2.45, 2.75) is 6.92 Å². The molecule has 1 aromatic carbocycles. The highest BCUT2D eigenvalue weighted by Gasteiger charge is 2.10. The monoisotopic (exact) mass is 316 g/mol. The molecule has 0 N–H and O–H groups in total. The van der Waals surface area contributed by atoms with Gasteiger partial charge in [0.1, 0.15) is 11.4 Å². The van der Waals surface area contributed by atoms with Gasteiger partial charge in [0.2, 0.25) is 0 Å². The Kier molecular flexibility index (Phi) is 3.81. The highest BCUT2D eigenvalue weighted by molar-refractivity contribution is 7.16. The molecule has 0 saturated heterocycles. The highest BCUT2D eigenvalue weighted by atomic mass is 32.1. The van der Waals surface area contributed by atoms with Crippen LogP contribution in [0, 0.1) is 0 Å². The molecule has 3 aromatic rings. The summed E-state index contributed by atoms with van der Waals surface area (Å²) < 4.78 is 9.97. The van der Waals surface area contributed by atoms with Gasteiger partial charge in [0.05, 0.1) is 16.8 Å². The van der Waals surface area contributed by atoms with E-state index in [1.807, 2.05) is 36.7 Å². The van der Waals surface area contributed by atoms with Crippen molar-refractivity contribution in [1.29, 1.82) is 0 Å². The summed E-state index contributed by atoms with van der Waals surface area (Å²) in [6.45, 7) is 2.57. The summed E-state index contributed by atoms with van der Waals surface area (Å²) in [5.41, 5.74) is 1.48. The molecule has 0 spiro atoms. The molecule has 1 amide bonds. The minimum absolute atomic E-state index is 0.299. The summed E-state index contributed by atoms with van der Waals surface area (Å²) in [5.74, 6) is 0.522. The second kappa shape index (κ2) is 5.76. The molecule has 0 aliphatic heterocycles. The summed E-state index contributed by atoms with van der Waals surface area (Å²) in [4.78, 5) is 17.1. The number of carbonyl (C=O) groups is 1. The van der Waals surface area contributed by atoms with E-state index in [0.717, 1.165) is 16.0 Å². The minimum Gasteiger partial charge on any atom is -0.494 e. The maximum Gasteiger partial charge on any atom is 0.297 e. The Morgan fingerprint density at radius 2 is 2.18 bits per heavy atom. The lowest BCUT2D eigenvalue weighted by molar-refractivity contribution is 0.0989. The van der Waals surface area contributed by atoms with E-state index in [-0.39, 0.29) is 5.91 Å². The molecule has 0 aliphatic rings. The van der Waals surface area contributed by atoms with Gasteiger partial charge in [0, 0.05) is 20.3 Å². The van der Waals surface area contributed by atoms with E-state index in [0.29, 0.717) is 17.1 Å². The molecule has 0 saturated carbocycles. The van der Waals surface area contributed by atoms with Crippen molar-refractivity contribution in [2.75, 3.05) is 6.61 Å². The molecule has 0 radical (unpaired) electrons. The zero-order chi connectivity index (χ0) is 15.7. The summed E-state index contributed by atoms with van der Waals surface area (Å²) >= 11 is 1.46. The lowest BCUT2D eigenvalue weighted by atomic mass is 10.3. The van der Waals surface area contributed by atoms with Gasteiger partial charge in [0.25, 0.3) is 5.91 Å². The van der Waals surface area contributed by atoms with E-state index in [2.05, 4.69) is 10.1 Å². The summed E-state index contributed by atoms with van der Waals surface area (Å²) in [5, 5.41) is 3.99. The van der Waals surface area contributed by atoms with Crippen LogP contribution in [0.3, 0.4) is 0 Å². The van der Waals surface area contributed by atoms with Gasteiger partial charge >= 0.3 is 0 Å². The number of nitrogens with zero attached hydrogens (tertiary/aromatic N) is 4. The predicted molar refractivity (Wildman–Crippen MR) is 85.1 cm³/mol. The van der Waals surface area contributed by atoms with Crippen LogP contribution in [0.4, 0.5) is 0 Å². The number of hydrogen-bond donors (Lipinski definition) is 0. The van der Waals surface area contributed by atoms with E-state index in [1.165, 1.54) is 16.0 Å². The number of fused-ring (bicyclic) bond motifs is 1. The Balaban J connectivity index is 2.07. The summed E-state index contributed by atoms with van der Waals surface area (Å²) in [7, 11) is 3.62. The predicted octanol–water partition coefficient (Wildman–Crippen LogP) is 2.11. The van der Waals surface area contributed by atoms with Crippen LogP contribution in [0.1, 0.15) is 17.4 Å². The van der Waals surface area contributed by atoms with Crippen molar-refractivity contribution in [3.8, 4) is 5.75 Å². The van der Waals surface area contributed by atoms with Gasteiger partial charge in [0.15, 0.2) is 4.80 Å². The van der Waals surface area contributed by atoms with Crippen LogP contribution >= 0.6 is 11.3 Å². The van der Waals surface area contributed by atoms with E-state index in [9.17, 15) is 4.79 Å². The van der Waals surface area contributed by atoms with Gasteiger partial charge in [-0.3, -0.25) is 9.48 Å². The Morgan fingerprint density at radius 3 is 2.86 bits per heavy atom. The molecule has 0 aliphatic carbocycles. The normalized spacial score (nSPS) is 12.0. The zero-order valence-corrected chi connectivity index (χ0v) is 13.4. The third-order valence-electron chi connectivity index (χ3n) is 3.33. The van der Waals surface area contributed by atoms with Gasteiger partial charge in [-0.1, -0.05) is 11.3 Å². The molecule has 0 bridgehead atoms. The number of hydrogen-bond acceptors (Lipinski definition) is 4. The molecule has 6 nitrogen and oxygen atoms in total. The van der Waals surface area contributed by atoms with Crippen LogP contribution in [0.2, 0.25) is 0 Å². The fraction of sp³-hybridized carbons (Fsp3) is 0.267. The average molecular weight is 316 g/mol. The second-order valence-electron chi connectivity index (χ2n) is 4.76. The summed E-state index contributed by atoms with van der Waals surface area (Å²) in [6, 6.07) is 7.53. The standard InChI is InChI=1S/C15H16N4O2S/c1-4-21-10-5-6-11-13(9-10)22-15(18(11)2)17-14(20)12-7-8-16-19(12)3/h5-9H,4H2,1-3H3. The third kappa shape index (κ3) is 2.55. The molecule has 0 unspecified atom stereocenters. The average Bonchev–Trinajstić information content (AvgIpc) is 3.04. The Hall–Kier alpha value is -2.41. The fourth-order valence-corrected chi connectivity index (χ4v) is 3.25. The van der Waals surface area contributed by atoms with Crippen LogP contribution in [0.15, 0.2) is 35.5 Å². The van der Waals surface area contributed by atoms with Gasteiger partial charge in [-0.05, 0) is 31.2 Å². The third-order valence-corrected chi connectivity index (χ3v) is 4.42. The Bertz CT molecular complexity index is 904. The van der Waals surface area contributed by atoms with Crippen LogP contribution in [-0.4, -0.2) is 26.9 Å². The number of carbonyl (C=O) groups excluding carboxylic acids is 1. The van der Waals surface area contributed by atoms with Crippen molar-refractivity contribution in [3.05, 3.63) is 41.0 Å². The highest BCUT2D eigenvalue weighted by Crippen LogP contribution is 2.22. The van der Waals surface area contributed by atoms with E-state index >= 15 is 0 Å². The molecule has 22 heavy (non-hydrogen) atoms. The maximum atomic E-state index is 12.2. The van der Waals surface area contributed by atoms with Crippen molar-refractivity contribution in [1.82, 2.24) is 14.3 Å². The quantitative estimate of drug-likeness (QED) is 0.743. The molecule has 0 atom stereocenters. The van der Waals surface area contributed by atoms with Crippen molar-refractivity contribution >= 4 is 27.5 Å². The van der Waals surface area contributed by atoms with Gasteiger partial charge in [-0.2, -0.15) is 10.1 Å². The molecule has 114 valence electrons. The van der Waals surface area contributed by atoms with Crippen LogP contribution in [0.5, 0.6) is 5.75 Å². The lowest BCUT2D eigenvalue weighted by Crippen LogP contribution is -2.14. The van der Waals surface area contributed by atoms with Crippen molar-refractivity contribution in [2.24, 2.45) is 19.1 Å². The van der Waals surface area contributed by atoms with E-state index in [4.69, 9.17) is 4.74 Å². The largest absolute Gasteiger partial charge is 0.494 e.